The largest absolute Gasteiger partial charge is 0.384 e. The van der Waals surface area contributed by atoms with Crippen molar-refractivity contribution in [2.24, 2.45) is 5.92 Å². The summed E-state index contributed by atoms with van der Waals surface area (Å²) >= 11 is 0. The SMILES string of the molecule is Cc1cccc(S(=O)(=O)Nc2ccc(NCCC(C)C)cn2)c1. The van der Waals surface area contributed by atoms with Crippen molar-refractivity contribution in [3.63, 3.8) is 0 Å². The number of hydrogen-bond donors (Lipinski definition) is 2. The number of nitrogens with zero attached hydrogens (tertiary/aromatic N) is 1. The molecular weight excluding hydrogens is 310 g/mol. The fraction of sp³-hybridized carbons (Fsp3) is 0.353. The van der Waals surface area contributed by atoms with Crippen LogP contribution < -0.4 is 10.0 Å². The van der Waals surface area contributed by atoms with Crippen molar-refractivity contribution >= 4 is 21.5 Å². The van der Waals surface area contributed by atoms with E-state index in [-0.39, 0.29) is 4.90 Å². The Bertz CT molecular complexity index is 741. The minimum atomic E-state index is -3.61. The molecule has 0 saturated carbocycles. The molecule has 0 saturated heterocycles. The van der Waals surface area contributed by atoms with Gasteiger partial charge in [-0.1, -0.05) is 26.0 Å². The van der Waals surface area contributed by atoms with Crippen molar-refractivity contribution in [2.45, 2.75) is 32.1 Å². The Hall–Kier alpha value is -2.08. The summed E-state index contributed by atoms with van der Waals surface area (Å²) in [6.45, 7) is 7.06. The van der Waals surface area contributed by atoms with Crippen LogP contribution in [0.3, 0.4) is 0 Å². The zero-order valence-corrected chi connectivity index (χ0v) is 14.5. The summed E-state index contributed by atoms with van der Waals surface area (Å²) in [7, 11) is -3.61. The Balaban J connectivity index is 2.03. The number of aromatic nitrogens is 1. The lowest BCUT2D eigenvalue weighted by molar-refractivity contribution is 0.601. The lowest BCUT2D eigenvalue weighted by atomic mass is 10.1. The molecule has 2 rings (SSSR count). The van der Waals surface area contributed by atoms with Crippen molar-refractivity contribution in [3.05, 3.63) is 48.2 Å². The summed E-state index contributed by atoms with van der Waals surface area (Å²) in [4.78, 5) is 4.39. The Morgan fingerprint density at radius 2 is 1.96 bits per heavy atom. The molecule has 0 spiro atoms. The Labute approximate surface area is 138 Å². The molecular formula is C17H23N3O2S. The van der Waals surface area contributed by atoms with Crippen LogP contribution in [0.15, 0.2) is 47.5 Å². The number of benzene rings is 1. The highest BCUT2D eigenvalue weighted by atomic mass is 32.2. The van der Waals surface area contributed by atoms with Gasteiger partial charge in [0, 0.05) is 6.54 Å². The maximum Gasteiger partial charge on any atom is 0.263 e. The fourth-order valence-corrected chi connectivity index (χ4v) is 3.16. The molecule has 0 aliphatic rings. The van der Waals surface area contributed by atoms with E-state index in [1.165, 1.54) is 0 Å². The van der Waals surface area contributed by atoms with Gasteiger partial charge in [-0.25, -0.2) is 13.4 Å². The number of sulfonamides is 1. The molecule has 0 amide bonds. The molecule has 0 radical (unpaired) electrons. The number of nitrogens with one attached hydrogen (secondary N) is 2. The van der Waals surface area contributed by atoms with Crippen LogP contribution in [0, 0.1) is 12.8 Å². The van der Waals surface area contributed by atoms with Crippen LogP contribution >= 0.6 is 0 Å². The van der Waals surface area contributed by atoms with E-state index in [0.717, 1.165) is 24.2 Å². The van der Waals surface area contributed by atoms with Crippen LogP contribution in [0.1, 0.15) is 25.8 Å². The van der Waals surface area contributed by atoms with Crippen molar-refractivity contribution in [2.75, 3.05) is 16.6 Å². The van der Waals surface area contributed by atoms with Crippen LogP contribution in [0.2, 0.25) is 0 Å². The normalized spacial score (nSPS) is 11.5. The summed E-state index contributed by atoms with van der Waals surface area (Å²) in [6.07, 6.45) is 2.70. The highest BCUT2D eigenvalue weighted by Gasteiger charge is 2.14. The van der Waals surface area contributed by atoms with Gasteiger partial charge in [0.25, 0.3) is 10.0 Å². The van der Waals surface area contributed by atoms with Crippen molar-refractivity contribution < 1.29 is 8.42 Å². The van der Waals surface area contributed by atoms with Crippen LogP contribution in [0.4, 0.5) is 11.5 Å². The van der Waals surface area contributed by atoms with Gasteiger partial charge in [0.2, 0.25) is 0 Å². The predicted octanol–water partition coefficient (Wildman–Crippen LogP) is 3.65. The molecule has 1 aromatic heterocycles. The first-order chi connectivity index (χ1) is 10.9. The number of hydrogen-bond acceptors (Lipinski definition) is 4. The standard InChI is InChI=1S/C17H23N3O2S/c1-13(2)9-10-18-15-7-8-17(19-12-15)20-23(21,22)16-6-4-5-14(3)11-16/h4-8,11-13,18H,9-10H2,1-3H3,(H,19,20). The Morgan fingerprint density at radius 1 is 1.17 bits per heavy atom. The van der Waals surface area contributed by atoms with E-state index in [4.69, 9.17) is 0 Å². The molecule has 0 aliphatic heterocycles. The van der Waals surface area contributed by atoms with Gasteiger partial charge in [0.1, 0.15) is 5.82 Å². The fourth-order valence-electron chi connectivity index (χ4n) is 2.04. The van der Waals surface area contributed by atoms with E-state index in [1.807, 2.05) is 19.1 Å². The molecule has 6 heteroatoms. The van der Waals surface area contributed by atoms with Gasteiger partial charge in [0.05, 0.1) is 16.8 Å². The predicted molar refractivity (Wildman–Crippen MR) is 94.2 cm³/mol. The monoisotopic (exact) mass is 333 g/mol. The zero-order valence-electron chi connectivity index (χ0n) is 13.7. The van der Waals surface area contributed by atoms with Gasteiger partial charge < -0.3 is 5.32 Å². The number of aryl methyl sites for hydroxylation is 1. The second kappa shape index (κ2) is 7.46. The smallest absolute Gasteiger partial charge is 0.263 e. The third-order valence-electron chi connectivity index (χ3n) is 3.35. The summed E-state index contributed by atoms with van der Waals surface area (Å²) in [6, 6.07) is 10.3. The maximum absolute atomic E-state index is 12.3. The van der Waals surface area contributed by atoms with E-state index in [9.17, 15) is 8.42 Å². The third kappa shape index (κ3) is 5.25. The topological polar surface area (TPSA) is 71.1 Å². The highest BCUT2D eigenvalue weighted by Crippen LogP contribution is 2.17. The molecule has 0 atom stereocenters. The molecule has 1 aromatic carbocycles. The quantitative estimate of drug-likeness (QED) is 0.811. The minimum absolute atomic E-state index is 0.235. The number of anilines is 2. The van der Waals surface area contributed by atoms with Crippen LogP contribution in [-0.2, 0) is 10.0 Å². The summed E-state index contributed by atoms with van der Waals surface area (Å²) in [5, 5.41) is 3.27. The summed E-state index contributed by atoms with van der Waals surface area (Å²) in [5.74, 6) is 0.941. The molecule has 0 aliphatic carbocycles. The zero-order chi connectivity index (χ0) is 16.9. The second-order valence-electron chi connectivity index (χ2n) is 5.96. The molecule has 0 bridgehead atoms. The van der Waals surface area contributed by atoms with E-state index in [0.29, 0.717) is 11.7 Å². The summed E-state index contributed by atoms with van der Waals surface area (Å²) < 4.78 is 27.1. The molecule has 23 heavy (non-hydrogen) atoms. The second-order valence-corrected chi connectivity index (χ2v) is 7.65. The van der Waals surface area contributed by atoms with Crippen LogP contribution in [0.25, 0.3) is 0 Å². The Morgan fingerprint density at radius 3 is 2.57 bits per heavy atom. The lowest BCUT2D eigenvalue weighted by Crippen LogP contribution is -2.14. The van der Waals surface area contributed by atoms with E-state index < -0.39 is 10.0 Å². The van der Waals surface area contributed by atoms with Crippen molar-refractivity contribution in [3.8, 4) is 0 Å². The molecule has 5 nitrogen and oxygen atoms in total. The first-order valence-electron chi connectivity index (χ1n) is 7.66. The van der Waals surface area contributed by atoms with Gasteiger partial charge in [-0.15, -0.1) is 0 Å². The van der Waals surface area contributed by atoms with E-state index >= 15 is 0 Å². The molecule has 124 valence electrons. The van der Waals surface area contributed by atoms with Crippen molar-refractivity contribution in [1.29, 1.82) is 0 Å². The van der Waals surface area contributed by atoms with Crippen LogP contribution in [0.5, 0.6) is 0 Å². The number of rotatable bonds is 7. The molecule has 2 aromatic rings. The molecule has 0 unspecified atom stereocenters. The van der Waals surface area contributed by atoms with E-state index in [1.54, 1.807) is 30.5 Å². The molecule has 1 heterocycles. The number of pyridine rings is 1. The van der Waals surface area contributed by atoms with Crippen LogP contribution in [-0.4, -0.2) is 19.9 Å². The minimum Gasteiger partial charge on any atom is -0.384 e. The van der Waals surface area contributed by atoms with Gasteiger partial charge in [-0.05, 0) is 49.1 Å². The average molecular weight is 333 g/mol. The van der Waals surface area contributed by atoms with Crippen molar-refractivity contribution in [1.82, 2.24) is 4.98 Å². The van der Waals surface area contributed by atoms with Gasteiger partial charge in [-0.2, -0.15) is 0 Å². The Kier molecular flexibility index (Phi) is 5.60. The third-order valence-corrected chi connectivity index (χ3v) is 4.71. The summed E-state index contributed by atoms with van der Waals surface area (Å²) in [5.41, 5.74) is 1.77. The molecule has 2 N–H and O–H groups in total. The van der Waals surface area contributed by atoms with E-state index in [2.05, 4.69) is 28.9 Å². The lowest BCUT2D eigenvalue weighted by Gasteiger charge is -2.10. The highest BCUT2D eigenvalue weighted by molar-refractivity contribution is 7.92. The first-order valence-corrected chi connectivity index (χ1v) is 9.14. The first kappa shape index (κ1) is 17.3. The van der Waals surface area contributed by atoms with Gasteiger partial charge >= 0.3 is 0 Å². The van der Waals surface area contributed by atoms with Gasteiger partial charge in [0.15, 0.2) is 0 Å². The molecule has 0 fully saturated rings. The van der Waals surface area contributed by atoms with Gasteiger partial charge in [-0.3, -0.25) is 4.72 Å². The average Bonchev–Trinajstić information content (AvgIpc) is 2.48. The maximum atomic E-state index is 12.3.